The van der Waals surface area contributed by atoms with Crippen LogP contribution in [-0.2, 0) is 0 Å². The van der Waals surface area contributed by atoms with Crippen molar-refractivity contribution in [2.75, 3.05) is 6.26 Å². The Balaban J connectivity index is 2.10. The third kappa shape index (κ3) is 3.99. The van der Waals surface area contributed by atoms with Gasteiger partial charge in [-0.2, -0.15) is 0 Å². The van der Waals surface area contributed by atoms with Gasteiger partial charge in [0.1, 0.15) is 11.6 Å². The number of hydrogen-bond acceptors (Lipinski definition) is 3. The summed E-state index contributed by atoms with van der Waals surface area (Å²) in [5.74, 6) is -0.227. The van der Waals surface area contributed by atoms with E-state index in [4.69, 9.17) is 0 Å². The zero-order valence-corrected chi connectivity index (χ0v) is 13.2. The minimum atomic E-state index is -0.339. The van der Waals surface area contributed by atoms with E-state index in [1.54, 1.807) is 11.8 Å². The van der Waals surface area contributed by atoms with Crippen LogP contribution in [0.2, 0.25) is 0 Å². The lowest BCUT2D eigenvalue weighted by Gasteiger charge is -2.21. The Labute approximate surface area is 129 Å². The van der Waals surface area contributed by atoms with Crippen LogP contribution in [0.3, 0.4) is 0 Å². The molecule has 2 rings (SSSR count). The maximum atomic E-state index is 13.3. The first kappa shape index (κ1) is 15.9. The van der Waals surface area contributed by atoms with Crippen LogP contribution < -0.4 is 5.32 Å². The van der Waals surface area contributed by atoms with Gasteiger partial charge in [0, 0.05) is 22.5 Å². The van der Waals surface area contributed by atoms with E-state index in [9.17, 15) is 9.50 Å². The highest BCUT2D eigenvalue weighted by Gasteiger charge is 2.15. The molecular formula is C17H20FNOS. The highest BCUT2D eigenvalue weighted by Crippen LogP contribution is 2.27. The lowest BCUT2D eigenvalue weighted by Crippen LogP contribution is -2.22. The summed E-state index contributed by atoms with van der Waals surface area (Å²) in [6.07, 6.45) is 2.05. The van der Waals surface area contributed by atoms with Gasteiger partial charge in [0.15, 0.2) is 0 Å². The van der Waals surface area contributed by atoms with E-state index in [0.29, 0.717) is 5.56 Å². The van der Waals surface area contributed by atoms with Crippen LogP contribution in [0, 0.1) is 5.82 Å². The normalized spacial score (nSPS) is 13.9. The van der Waals surface area contributed by atoms with Crippen LogP contribution in [0.1, 0.15) is 37.1 Å². The molecule has 0 radical (unpaired) electrons. The van der Waals surface area contributed by atoms with Gasteiger partial charge in [-0.1, -0.05) is 12.1 Å². The molecule has 2 aromatic rings. The number of aromatic hydroxyl groups is 1. The predicted octanol–water partition coefficient (Wildman–Crippen LogP) is 4.67. The third-order valence-electron chi connectivity index (χ3n) is 3.57. The number of phenols is 1. The Morgan fingerprint density at radius 3 is 2.33 bits per heavy atom. The maximum absolute atomic E-state index is 13.3. The fourth-order valence-corrected chi connectivity index (χ4v) is 2.73. The summed E-state index contributed by atoms with van der Waals surface area (Å²) in [5, 5.41) is 13.2. The molecule has 0 aliphatic rings. The van der Waals surface area contributed by atoms with E-state index in [1.165, 1.54) is 23.1 Å². The average molecular weight is 305 g/mol. The first-order valence-corrected chi connectivity index (χ1v) is 8.12. The number of rotatable bonds is 5. The van der Waals surface area contributed by atoms with Gasteiger partial charge in [0.25, 0.3) is 0 Å². The molecule has 2 N–H and O–H groups in total. The Morgan fingerprint density at radius 2 is 1.71 bits per heavy atom. The van der Waals surface area contributed by atoms with Crippen molar-refractivity contribution in [2.45, 2.75) is 30.8 Å². The summed E-state index contributed by atoms with van der Waals surface area (Å²) in [6.45, 7) is 3.97. The van der Waals surface area contributed by atoms with Crippen LogP contribution in [0.25, 0.3) is 0 Å². The Kier molecular flexibility index (Phi) is 5.26. The Hall–Kier alpha value is -1.52. The minimum absolute atomic E-state index is 0.110. The lowest BCUT2D eigenvalue weighted by molar-refractivity contribution is 0.435. The van der Waals surface area contributed by atoms with Crippen LogP contribution >= 0.6 is 11.8 Å². The molecular weight excluding hydrogens is 285 g/mol. The van der Waals surface area contributed by atoms with Crippen molar-refractivity contribution in [3.05, 3.63) is 59.4 Å². The molecule has 2 aromatic carbocycles. The average Bonchev–Trinajstić information content (AvgIpc) is 2.49. The number of benzene rings is 2. The molecule has 0 aromatic heterocycles. The summed E-state index contributed by atoms with van der Waals surface area (Å²) in [7, 11) is 0. The second-order valence-electron chi connectivity index (χ2n) is 5.09. The van der Waals surface area contributed by atoms with Gasteiger partial charge in [0.05, 0.1) is 0 Å². The molecule has 21 heavy (non-hydrogen) atoms. The highest BCUT2D eigenvalue weighted by molar-refractivity contribution is 7.98. The van der Waals surface area contributed by atoms with E-state index in [-0.39, 0.29) is 23.7 Å². The largest absolute Gasteiger partial charge is 0.508 e. The van der Waals surface area contributed by atoms with Crippen molar-refractivity contribution in [1.29, 1.82) is 0 Å². The van der Waals surface area contributed by atoms with Crippen LogP contribution in [0.15, 0.2) is 47.4 Å². The molecule has 2 atom stereocenters. The van der Waals surface area contributed by atoms with Gasteiger partial charge in [-0.25, -0.2) is 4.39 Å². The molecule has 0 spiro atoms. The maximum Gasteiger partial charge on any atom is 0.123 e. The van der Waals surface area contributed by atoms with Gasteiger partial charge in [-0.05, 0) is 56.0 Å². The zero-order chi connectivity index (χ0) is 15.4. The highest BCUT2D eigenvalue weighted by atomic mass is 32.2. The quantitative estimate of drug-likeness (QED) is 0.788. The van der Waals surface area contributed by atoms with E-state index in [0.717, 1.165) is 5.56 Å². The van der Waals surface area contributed by atoms with Crippen LogP contribution in [0.5, 0.6) is 5.75 Å². The van der Waals surface area contributed by atoms with Crippen molar-refractivity contribution in [2.24, 2.45) is 0 Å². The summed E-state index contributed by atoms with van der Waals surface area (Å²) >= 11 is 1.71. The molecule has 0 saturated heterocycles. The standard InChI is InChI=1S/C17H20FNOS/c1-11(13-4-7-15(21-3)8-5-13)19-12(2)16-10-14(18)6-9-17(16)20/h4-12,19-20H,1-3H3. The van der Waals surface area contributed by atoms with E-state index >= 15 is 0 Å². The zero-order valence-electron chi connectivity index (χ0n) is 12.4. The fraction of sp³-hybridized carbons (Fsp3) is 0.294. The second kappa shape index (κ2) is 6.96. The molecule has 0 aliphatic carbocycles. The Bertz CT molecular complexity index is 600. The minimum Gasteiger partial charge on any atom is -0.508 e. The molecule has 0 fully saturated rings. The Morgan fingerprint density at radius 1 is 1.05 bits per heavy atom. The molecule has 0 bridgehead atoms. The molecule has 2 nitrogen and oxygen atoms in total. The van der Waals surface area contributed by atoms with Crippen molar-refractivity contribution in [3.63, 3.8) is 0 Å². The summed E-state index contributed by atoms with van der Waals surface area (Å²) < 4.78 is 13.3. The summed E-state index contributed by atoms with van der Waals surface area (Å²) in [5.41, 5.74) is 1.73. The summed E-state index contributed by atoms with van der Waals surface area (Å²) in [4.78, 5) is 1.22. The number of nitrogens with one attached hydrogen (secondary N) is 1. The molecule has 0 saturated carbocycles. The molecule has 2 unspecified atom stereocenters. The third-order valence-corrected chi connectivity index (χ3v) is 4.32. The second-order valence-corrected chi connectivity index (χ2v) is 5.97. The van der Waals surface area contributed by atoms with Crippen molar-refractivity contribution >= 4 is 11.8 Å². The van der Waals surface area contributed by atoms with Crippen molar-refractivity contribution < 1.29 is 9.50 Å². The van der Waals surface area contributed by atoms with Crippen LogP contribution in [0.4, 0.5) is 4.39 Å². The number of thioether (sulfide) groups is 1. The number of halogens is 1. The summed E-state index contributed by atoms with van der Waals surface area (Å²) in [6, 6.07) is 12.3. The first-order valence-electron chi connectivity index (χ1n) is 6.89. The molecule has 112 valence electrons. The lowest BCUT2D eigenvalue weighted by atomic mass is 10.0. The SMILES string of the molecule is CSc1ccc(C(C)NC(C)c2cc(F)ccc2O)cc1. The van der Waals surface area contributed by atoms with E-state index in [2.05, 4.69) is 36.5 Å². The monoisotopic (exact) mass is 305 g/mol. The van der Waals surface area contributed by atoms with E-state index < -0.39 is 0 Å². The smallest absolute Gasteiger partial charge is 0.123 e. The van der Waals surface area contributed by atoms with Gasteiger partial charge < -0.3 is 10.4 Å². The molecule has 0 amide bonds. The van der Waals surface area contributed by atoms with Crippen molar-refractivity contribution in [3.8, 4) is 5.75 Å². The van der Waals surface area contributed by atoms with Crippen molar-refractivity contribution in [1.82, 2.24) is 5.32 Å². The molecule has 0 aliphatic heterocycles. The topological polar surface area (TPSA) is 32.3 Å². The molecule has 0 heterocycles. The van der Waals surface area contributed by atoms with Gasteiger partial charge >= 0.3 is 0 Å². The number of phenolic OH excluding ortho intramolecular Hbond substituents is 1. The van der Waals surface area contributed by atoms with Gasteiger partial charge in [-0.15, -0.1) is 11.8 Å². The molecule has 4 heteroatoms. The predicted molar refractivity (Wildman–Crippen MR) is 86.3 cm³/mol. The van der Waals surface area contributed by atoms with Crippen LogP contribution in [-0.4, -0.2) is 11.4 Å². The fourth-order valence-electron chi connectivity index (χ4n) is 2.33. The van der Waals surface area contributed by atoms with E-state index in [1.807, 2.05) is 13.2 Å². The van der Waals surface area contributed by atoms with Gasteiger partial charge in [-0.3, -0.25) is 0 Å². The first-order chi connectivity index (χ1) is 10.0. The number of hydrogen-bond donors (Lipinski definition) is 2. The van der Waals surface area contributed by atoms with Gasteiger partial charge in [0.2, 0.25) is 0 Å².